The summed E-state index contributed by atoms with van der Waals surface area (Å²) >= 11 is 0. The van der Waals surface area contributed by atoms with Gasteiger partial charge in [0.25, 0.3) is 0 Å². The highest BCUT2D eigenvalue weighted by Crippen LogP contribution is 2.14. The van der Waals surface area contributed by atoms with Crippen LogP contribution in [0.3, 0.4) is 0 Å². The molecule has 1 N–H and O–H groups in total. The Morgan fingerprint density at radius 2 is 2.43 bits per heavy atom. The molecule has 1 aliphatic rings. The number of aryl methyl sites for hydroxylation is 1. The van der Waals surface area contributed by atoms with E-state index in [0.29, 0.717) is 0 Å². The molecule has 0 atom stereocenters. The van der Waals surface area contributed by atoms with Crippen molar-refractivity contribution in [3.8, 4) is 0 Å². The lowest BCUT2D eigenvalue weighted by Crippen LogP contribution is -2.59. The molecule has 0 unspecified atom stereocenters. The molecule has 4 nitrogen and oxygen atoms in total. The molecule has 78 valence electrons. The molecule has 4 heteroatoms. The molecule has 0 bridgehead atoms. The largest absolute Gasteiger partial charge is 0.371 e. The number of ether oxygens (including phenoxy) is 1. The Morgan fingerprint density at radius 1 is 1.64 bits per heavy atom. The Hall–Kier alpha value is -0.870. The topological polar surface area (TPSA) is 39.1 Å². The van der Waals surface area contributed by atoms with Gasteiger partial charge in [-0.1, -0.05) is 0 Å². The van der Waals surface area contributed by atoms with Crippen LogP contribution in [0.15, 0.2) is 12.4 Å². The molecule has 0 spiro atoms. The smallest absolute Gasteiger partial charge is 0.105 e. The Balaban J connectivity index is 1.75. The summed E-state index contributed by atoms with van der Waals surface area (Å²) in [5, 5.41) is 3.21. The SMILES string of the molecule is Cc1nccn1CCOC1(C)CNC1. The number of rotatable bonds is 4. The second-order valence-electron chi connectivity index (χ2n) is 4.07. The van der Waals surface area contributed by atoms with E-state index in [2.05, 4.69) is 21.8 Å². The van der Waals surface area contributed by atoms with E-state index in [4.69, 9.17) is 4.74 Å². The van der Waals surface area contributed by atoms with Crippen LogP contribution < -0.4 is 5.32 Å². The average molecular weight is 195 g/mol. The number of nitrogens with zero attached hydrogens (tertiary/aromatic N) is 2. The maximum absolute atomic E-state index is 5.78. The Labute approximate surface area is 84.3 Å². The van der Waals surface area contributed by atoms with Crippen molar-refractivity contribution in [1.82, 2.24) is 14.9 Å². The zero-order chi connectivity index (χ0) is 10.0. The summed E-state index contributed by atoms with van der Waals surface area (Å²) < 4.78 is 7.89. The molecule has 1 aromatic heterocycles. The van der Waals surface area contributed by atoms with E-state index in [1.54, 1.807) is 0 Å². The Kier molecular flexibility index (Phi) is 2.56. The van der Waals surface area contributed by atoms with Crippen LogP contribution in [-0.4, -0.2) is 34.8 Å². The van der Waals surface area contributed by atoms with Gasteiger partial charge in [0, 0.05) is 32.0 Å². The second kappa shape index (κ2) is 3.71. The van der Waals surface area contributed by atoms with E-state index in [-0.39, 0.29) is 5.60 Å². The van der Waals surface area contributed by atoms with Crippen LogP contribution in [-0.2, 0) is 11.3 Å². The predicted octanol–water partition coefficient (Wildman–Crippen LogP) is 0.570. The van der Waals surface area contributed by atoms with Gasteiger partial charge in [-0.15, -0.1) is 0 Å². The molecule has 1 aromatic rings. The van der Waals surface area contributed by atoms with Crippen LogP contribution in [0.5, 0.6) is 0 Å². The monoisotopic (exact) mass is 195 g/mol. The van der Waals surface area contributed by atoms with E-state index in [9.17, 15) is 0 Å². The fourth-order valence-electron chi connectivity index (χ4n) is 1.61. The highest BCUT2D eigenvalue weighted by molar-refractivity contribution is 4.91. The van der Waals surface area contributed by atoms with Gasteiger partial charge in [-0.2, -0.15) is 0 Å². The zero-order valence-electron chi connectivity index (χ0n) is 8.79. The van der Waals surface area contributed by atoms with E-state index >= 15 is 0 Å². The average Bonchev–Trinajstić information content (AvgIpc) is 2.49. The van der Waals surface area contributed by atoms with Crippen molar-refractivity contribution < 1.29 is 4.74 Å². The molecule has 1 fully saturated rings. The first-order chi connectivity index (χ1) is 6.70. The maximum atomic E-state index is 5.78. The lowest BCUT2D eigenvalue weighted by atomic mass is 10.0. The highest BCUT2D eigenvalue weighted by Gasteiger charge is 2.32. The van der Waals surface area contributed by atoms with Crippen LogP contribution in [0, 0.1) is 6.92 Å². The minimum absolute atomic E-state index is 0.0640. The van der Waals surface area contributed by atoms with E-state index < -0.39 is 0 Å². The lowest BCUT2D eigenvalue weighted by Gasteiger charge is -2.39. The normalized spacial score (nSPS) is 19.3. The number of hydrogen-bond donors (Lipinski definition) is 1. The zero-order valence-corrected chi connectivity index (χ0v) is 8.79. The van der Waals surface area contributed by atoms with Crippen molar-refractivity contribution in [2.45, 2.75) is 26.0 Å². The van der Waals surface area contributed by atoms with Gasteiger partial charge in [0.05, 0.1) is 12.2 Å². The third-order valence-corrected chi connectivity index (χ3v) is 2.70. The fraction of sp³-hybridized carbons (Fsp3) is 0.700. The number of aromatic nitrogens is 2. The third kappa shape index (κ3) is 1.96. The summed E-state index contributed by atoms with van der Waals surface area (Å²) in [6.07, 6.45) is 3.81. The summed E-state index contributed by atoms with van der Waals surface area (Å²) in [4.78, 5) is 4.16. The summed E-state index contributed by atoms with van der Waals surface area (Å²) in [5.41, 5.74) is 0.0640. The second-order valence-corrected chi connectivity index (χ2v) is 4.07. The van der Waals surface area contributed by atoms with Crippen LogP contribution in [0.4, 0.5) is 0 Å². The van der Waals surface area contributed by atoms with Crippen LogP contribution >= 0.6 is 0 Å². The Morgan fingerprint density at radius 3 is 2.93 bits per heavy atom. The molecule has 0 amide bonds. The first-order valence-electron chi connectivity index (χ1n) is 5.02. The van der Waals surface area contributed by atoms with E-state index in [0.717, 1.165) is 32.1 Å². The molecular weight excluding hydrogens is 178 g/mol. The molecule has 0 aliphatic carbocycles. The van der Waals surface area contributed by atoms with Crippen molar-refractivity contribution in [3.63, 3.8) is 0 Å². The van der Waals surface area contributed by atoms with Gasteiger partial charge in [-0.25, -0.2) is 4.98 Å². The van der Waals surface area contributed by atoms with Gasteiger partial charge in [0.2, 0.25) is 0 Å². The lowest BCUT2D eigenvalue weighted by molar-refractivity contribution is -0.0693. The summed E-state index contributed by atoms with van der Waals surface area (Å²) in [6, 6.07) is 0. The van der Waals surface area contributed by atoms with Crippen LogP contribution in [0.2, 0.25) is 0 Å². The van der Waals surface area contributed by atoms with Gasteiger partial charge in [0.1, 0.15) is 5.82 Å². The summed E-state index contributed by atoms with van der Waals surface area (Å²) in [7, 11) is 0. The quantitative estimate of drug-likeness (QED) is 0.763. The van der Waals surface area contributed by atoms with Crippen molar-refractivity contribution in [2.75, 3.05) is 19.7 Å². The van der Waals surface area contributed by atoms with Gasteiger partial charge in [-0.05, 0) is 13.8 Å². The predicted molar refractivity (Wildman–Crippen MR) is 54.2 cm³/mol. The molecule has 0 saturated carbocycles. The van der Waals surface area contributed by atoms with Crippen molar-refractivity contribution in [2.24, 2.45) is 0 Å². The first kappa shape index (κ1) is 9.68. The van der Waals surface area contributed by atoms with Crippen LogP contribution in [0.1, 0.15) is 12.7 Å². The number of nitrogens with one attached hydrogen (secondary N) is 1. The van der Waals surface area contributed by atoms with Gasteiger partial charge >= 0.3 is 0 Å². The minimum atomic E-state index is 0.0640. The van der Waals surface area contributed by atoms with Crippen LogP contribution in [0.25, 0.3) is 0 Å². The van der Waals surface area contributed by atoms with Gasteiger partial charge in [-0.3, -0.25) is 0 Å². The summed E-state index contributed by atoms with van der Waals surface area (Å²) in [6.45, 7) is 7.74. The molecule has 14 heavy (non-hydrogen) atoms. The van der Waals surface area contributed by atoms with Gasteiger partial charge < -0.3 is 14.6 Å². The van der Waals surface area contributed by atoms with Crippen molar-refractivity contribution >= 4 is 0 Å². The maximum Gasteiger partial charge on any atom is 0.105 e. The molecule has 2 rings (SSSR count). The van der Waals surface area contributed by atoms with E-state index in [1.165, 1.54) is 0 Å². The third-order valence-electron chi connectivity index (χ3n) is 2.70. The number of imidazole rings is 1. The van der Waals surface area contributed by atoms with E-state index in [1.807, 2.05) is 19.3 Å². The Bertz CT molecular complexity index is 304. The highest BCUT2D eigenvalue weighted by atomic mass is 16.5. The van der Waals surface area contributed by atoms with Crippen molar-refractivity contribution in [3.05, 3.63) is 18.2 Å². The summed E-state index contributed by atoms with van der Waals surface area (Å²) in [5.74, 6) is 1.05. The minimum Gasteiger partial charge on any atom is -0.371 e. The van der Waals surface area contributed by atoms with Gasteiger partial charge in [0.15, 0.2) is 0 Å². The first-order valence-corrected chi connectivity index (χ1v) is 5.02. The van der Waals surface area contributed by atoms with Crippen molar-refractivity contribution in [1.29, 1.82) is 0 Å². The molecular formula is C10H17N3O. The molecule has 1 aliphatic heterocycles. The molecule has 1 saturated heterocycles. The standard InChI is InChI=1S/C10H17N3O/c1-9-12-3-4-13(9)5-6-14-10(2)7-11-8-10/h3-4,11H,5-8H2,1-2H3. The molecule has 0 aromatic carbocycles. The fourth-order valence-corrected chi connectivity index (χ4v) is 1.61. The number of hydrogen-bond acceptors (Lipinski definition) is 3. The molecule has 0 radical (unpaired) electrons. The molecule has 2 heterocycles.